The number of hydrogen-bond donors (Lipinski definition) is 1. The van der Waals surface area contributed by atoms with Crippen LogP contribution in [0.2, 0.25) is 0 Å². The first-order valence-corrected chi connectivity index (χ1v) is 10.2. The van der Waals surface area contributed by atoms with Crippen LogP contribution in [0, 0.1) is 12.7 Å². The Balaban J connectivity index is 1.67. The highest BCUT2D eigenvalue weighted by Crippen LogP contribution is 2.35. The van der Waals surface area contributed by atoms with Crippen LogP contribution in [-0.2, 0) is 5.75 Å². The van der Waals surface area contributed by atoms with Gasteiger partial charge in [0.05, 0.1) is 11.1 Å². The molecule has 0 bridgehead atoms. The largest absolute Gasteiger partial charge is 0.309 e. The number of benzene rings is 1. The number of halogens is 1. The second-order valence-electron chi connectivity index (χ2n) is 5.47. The Hall–Kier alpha value is -1.96. The standard InChI is InChI=1S/C18H13FN2OS3/c1-10-6-7-13(25-10)11-8-24-18-16(11)17(22)20-15(21-18)9-23-14-5-3-2-4-12(14)19/h2-8H,9H2,1H3,(H,20,21,22). The number of nitrogens with zero attached hydrogens (tertiary/aromatic N) is 1. The molecule has 1 aromatic carbocycles. The van der Waals surface area contributed by atoms with E-state index in [4.69, 9.17) is 0 Å². The van der Waals surface area contributed by atoms with E-state index in [2.05, 4.69) is 9.97 Å². The third-order valence-electron chi connectivity index (χ3n) is 3.70. The molecule has 0 unspecified atom stereocenters. The summed E-state index contributed by atoms with van der Waals surface area (Å²) < 4.78 is 13.7. The summed E-state index contributed by atoms with van der Waals surface area (Å²) in [6, 6.07) is 10.7. The van der Waals surface area contributed by atoms with E-state index in [1.807, 2.05) is 24.4 Å². The van der Waals surface area contributed by atoms with Crippen molar-refractivity contribution in [2.75, 3.05) is 0 Å². The normalized spacial score (nSPS) is 11.3. The zero-order valence-electron chi connectivity index (χ0n) is 13.2. The average Bonchev–Trinajstić information content (AvgIpc) is 3.20. The zero-order valence-corrected chi connectivity index (χ0v) is 15.7. The van der Waals surface area contributed by atoms with E-state index in [1.54, 1.807) is 29.5 Å². The van der Waals surface area contributed by atoms with Crippen molar-refractivity contribution < 1.29 is 4.39 Å². The van der Waals surface area contributed by atoms with Gasteiger partial charge in [-0.1, -0.05) is 12.1 Å². The SMILES string of the molecule is Cc1ccc(-c2csc3nc(CSc4ccccc4F)[nH]c(=O)c23)s1. The fourth-order valence-electron chi connectivity index (χ4n) is 2.53. The average molecular weight is 389 g/mol. The van der Waals surface area contributed by atoms with Gasteiger partial charge in [-0.15, -0.1) is 34.4 Å². The molecule has 4 aromatic rings. The van der Waals surface area contributed by atoms with Gasteiger partial charge in [0.25, 0.3) is 5.56 Å². The molecule has 0 saturated heterocycles. The number of thioether (sulfide) groups is 1. The van der Waals surface area contributed by atoms with Crippen molar-refractivity contribution in [1.82, 2.24) is 9.97 Å². The molecule has 3 heterocycles. The van der Waals surface area contributed by atoms with Crippen molar-refractivity contribution in [2.45, 2.75) is 17.6 Å². The number of hydrogen-bond acceptors (Lipinski definition) is 5. The second-order valence-corrected chi connectivity index (χ2v) is 8.63. The molecule has 0 aliphatic rings. The van der Waals surface area contributed by atoms with E-state index < -0.39 is 0 Å². The number of fused-ring (bicyclic) bond motifs is 1. The smallest absolute Gasteiger partial charge is 0.260 e. The second kappa shape index (κ2) is 6.74. The van der Waals surface area contributed by atoms with Gasteiger partial charge in [-0.3, -0.25) is 4.79 Å². The summed E-state index contributed by atoms with van der Waals surface area (Å²) in [5.41, 5.74) is 0.789. The predicted molar refractivity (Wildman–Crippen MR) is 104 cm³/mol. The summed E-state index contributed by atoms with van der Waals surface area (Å²) in [4.78, 5) is 23.5. The van der Waals surface area contributed by atoms with E-state index >= 15 is 0 Å². The molecule has 0 aliphatic carbocycles. The Kier molecular flexibility index (Phi) is 4.45. The third kappa shape index (κ3) is 3.27. The Morgan fingerprint density at radius 3 is 2.84 bits per heavy atom. The molecule has 0 radical (unpaired) electrons. The summed E-state index contributed by atoms with van der Waals surface area (Å²) in [7, 11) is 0. The quantitative estimate of drug-likeness (QED) is 0.473. The number of aryl methyl sites for hydroxylation is 1. The van der Waals surface area contributed by atoms with Gasteiger partial charge in [0.1, 0.15) is 16.5 Å². The van der Waals surface area contributed by atoms with E-state index in [0.717, 1.165) is 10.4 Å². The number of aromatic nitrogens is 2. The van der Waals surface area contributed by atoms with Crippen molar-refractivity contribution in [1.29, 1.82) is 0 Å². The Labute approximate surface area is 155 Å². The fourth-order valence-corrected chi connectivity index (χ4v) is 5.26. The zero-order chi connectivity index (χ0) is 17.4. The van der Waals surface area contributed by atoms with Crippen molar-refractivity contribution in [2.24, 2.45) is 0 Å². The summed E-state index contributed by atoms with van der Waals surface area (Å²) in [5, 5.41) is 2.61. The minimum atomic E-state index is -0.262. The molecule has 0 aliphatic heterocycles. The minimum absolute atomic E-state index is 0.142. The molecule has 0 fully saturated rings. The van der Waals surface area contributed by atoms with Crippen molar-refractivity contribution in [3.8, 4) is 10.4 Å². The van der Waals surface area contributed by atoms with Crippen LogP contribution in [0.4, 0.5) is 4.39 Å². The van der Waals surface area contributed by atoms with Crippen molar-refractivity contribution in [3.63, 3.8) is 0 Å². The van der Waals surface area contributed by atoms with Crippen LogP contribution < -0.4 is 5.56 Å². The molecule has 3 nitrogen and oxygen atoms in total. The lowest BCUT2D eigenvalue weighted by atomic mass is 10.2. The van der Waals surface area contributed by atoms with Gasteiger partial charge in [0.15, 0.2) is 0 Å². The molecule has 1 N–H and O–H groups in total. The van der Waals surface area contributed by atoms with Gasteiger partial charge in [-0.05, 0) is 31.2 Å². The summed E-state index contributed by atoms with van der Waals surface area (Å²) in [5.74, 6) is 0.709. The molecule has 0 atom stereocenters. The summed E-state index contributed by atoms with van der Waals surface area (Å²) in [6.07, 6.45) is 0. The third-order valence-corrected chi connectivity index (χ3v) is 6.67. The lowest BCUT2D eigenvalue weighted by Crippen LogP contribution is -2.10. The maximum Gasteiger partial charge on any atom is 0.260 e. The lowest BCUT2D eigenvalue weighted by molar-refractivity contribution is 0.602. The van der Waals surface area contributed by atoms with Gasteiger partial charge in [0.2, 0.25) is 0 Å². The topological polar surface area (TPSA) is 45.8 Å². The van der Waals surface area contributed by atoms with Crippen LogP contribution >= 0.6 is 34.4 Å². The lowest BCUT2D eigenvalue weighted by Gasteiger charge is -2.03. The first kappa shape index (κ1) is 16.5. The Morgan fingerprint density at radius 2 is 2.08 bits per heavy atom. The predicted octanol–water partition coefficient (Wildman–Crippen LogP) is 5.45. The first-order chi connectivity index (χ1) is 12.1. The number of H-pyrrole nitrogens is 1. The molecular formula is C18H13FN2OS3. The van der Waals surface area contributed by atoms with Gasteiger partial charge in [-0.25, -0.2) is 9.37 Å². The highest BCUT2D eigenvalue weighted by atomic mass is 32.2. The van der Waals surface area contributed by atoms with Gasteiger partial charge in [0, 0.05) is 25.6 Å². The summed E-state index contributed by atoms with van der Waals surface area (Å²) >= 11 is 4.45. The number of aromatic amines is 1. The summed E-state index contributed by atoms with van der Waals surface area (Å²) in [6.45, 7) is 2.04. The Morgan fingerprint density at radius 1 is 1.24 bits per heavy atom. The highest BCUT2D eigenvalue weighted by Gasteiger charge is 2.14. The molecular weight excluding hydrogens is 375 g/mol. The van der Waals surface area contributed by atoms with Crippen molar-refractivity contribution in [3.05, 3.63) is 68.7 Å². The van der Waals surface area contributed by atoms with Crippen LogP contribution in [-0.4, -0.2) is 9.97 Å². The van der Waals surface area contributed by atoms with Crippen LogP contribution in [0.15, 0.2) is 51.5 Å². The minimum Gasteiger partial charge on any atom is -0.309 e. The Bertz CT molecular complexity index is 1110. The van der Waals surface area contributed by atoms with Gasteiger partial charge >= 0.3 is 0 Å². The number of rotatable bonds is 4. The van der Waals surface area contributed by atoms with Crippen LogP contribution in [0.1, 0.15) is 10.7 Å². The molecule has 0 spiro atoms. The monoisotopic (exact) mass is 388 g/mol. The van der Waals surface area contributed by atoms with Gasteiger partial charge in [-0.2, -0.15) is 0 Å². The molecule has 3 aromatic heterocycles. The van der Waals surface area contributed by atoms with E-state index in [0.29, 0.717) is 26.7 Å². The molecule has 7 heteroatoms. The maximum absolute atomic E-state index is 13.7. The van der Waals surface area contributed by atoms with Crippen LogP contribution in [0.5, 0.6) is 0 Å². The molecule has 0 saturated carbocycles. The van der Waals surface area contributed by atoms with Crippen LogP contribution in [0.3, 0.4) is 0 Å². The van der Waals surface area contributed by atoms with Gasteiger partial charge < -0.3 is 4.98 Å². The molecule has 4 rings (SSSR count). The van der Waals surface area contributed by atoms with Crippen molar-refractivity contribution >= 4 is 44.7 Å². The number of thiophene rings is 2. The first-order valence-electron chi connectivity index (χ1n) is 7.56. The molecule has 25 heavy (non-hydrogen) atoms. The maximum atomic E-state index is 13.7. The number of nitrogens with one attached hydrogen (secondary N) is 1. The van der Waals surface area contributed by atoms with E-state index in [-0.39, 0.29) is 11.4 Å². The van der Waals surface area contributed by atoms with E-state index in [1.165, 1.54) is 34.0 Å². The van der Waals surface area contributed by atoms with E-state index in [9.17, 15) is 9.18 Å². The highest BCUT2D eigenvalue weighted by molar-refractivity contribution is 7.98. The molecule has 126 valence electrons. The molecule has 0 amide bonds. The van der Waals surface area contributed by atoms with Crippen LogP contribution in [0.25, 0.3) is 20.7 Å². The fraction of sp³-hybridized carbons (Fsp3) is 0.111.